The van der Waals surface area contributed by atoms with Crippen molar-refractivity contribution in [1.29, 1.82) is 0 Å². The van der Waals surface area contributed by atoms with Crippen LogP contribution in [0.25, 0.3) is 0 Å². The van der Waals surface area contributed by atoms with E-state index in [4.69, 9.17) is 27.9 Å². The molecule has 1 unspecified atom stereocenters. The molecule has 1 aromatic carbocycles. The Bertz CT molecular complexity index is 738. The number of halogens is 2. The number of aromatic nitrogens is 2. The summed E-state index contributed by atoms with van der Waals surface area (Å²) in [7, 11) is 0. The van der Waals surface area contributed by atoms with Crippen LogP contribution in [0.15, 0.2) is 24.5 Å². The molecule has 0 N–H and O–H groups in total. The van der Waals surface area contributed by atoms with Crippen LogP contribution in [-0.2, 0) is 17.6 Å². The summed E-state index contributed by atoms with van der Waals surface area (Å²) in [4.78, 5) is 11.3. The van der Waals surface area contributed by atoms with Crippen molar-refractivity contribution in [2.75, 3.05) is 24.6 Å². The average molecular weight is 350 g/mol. The zero-order valence-corrected chi connectivity index (χ0v) is 14.1. The van der Waals surface area contributed by atoms with E-state index in [1.807, 2.05) is 18.2 Å². The van der Waals surface area contributed by atoms with Gasteiger partial charge in [-0.2, -0.15) is 0 Å². The van der Waals surface area contributed by atoms with E-state index in [0.29, 0.717) is 16.7 Å². The van der Waals surface area contributed by atoms with E-state index in [9.17, 15) is 0 Å². The third-order valence-corrected chi connectivity index (χ3v) is 5.27. The number of morpholine rings is 1. The van der Waals surface area contributed by atoms with E-state index in [1.165, 1.54) is 17.7 Å². The van der Waals surface area contributed by atoms with Crippen molar-refractivity contribution >= 4 is 29.0 Å². The van der Waals surface area contributed by atoms with Gasteiger partial charge in [-0.25, -0.2) is 9.97 Å². The second kappa shape index (κ2) is 6.27. The number of benzene rings is 1. The Hall–Kier alpha value is -1.36. The molecule has 1 aliphatic heterocycles. The van der Waals surface area contributed by atoms with Gasteiger partial charge in [-0.15, -0.1) is 0 Å². The summed E-state index contributed by atoms with van der Waals surface area (Å²) in [5, 5.41) is 1.13. The molecule has 0 radical (unpaired) electrons. The Labute approximate surface area is 145 Å². The molecule has 23 heavy (non-hydrogen) atoms. The van der Waals surface area contributed by atoms with Gasteiger partial charge in [-0.1, -0.05) is 29.3 Å². The first-order valence-electron chi connectivity index (χ1n) is 7.86. The van der Waals surface area contributed by atoms with Crippen LogP contribution in [0, 0.1) is 0 Å². The molecular weight excluding hydrogens is 333 g/mol. The highest BCUT2D eigenvalue weighted by Gasteiger charge is 2.27. The summed E-state index contributed by atoms with van der Waals surface area (Å²) < 4.78 is 5.94. The summed E-state index contributed by atoms with van der Waals surface area (Å²) in [5.41, 5.74) is 3.56. The lowest BCUT2D eigenvalue weighted by molar-refractivity contribution is 0.0394. The average Bonchev–Trinajstić information content (AvgIpc) is 3.06. The maximum atomic E-state index is 6.14. The maximum absolute atomic E-state index is 6.14. The fourth-order valence-electron chi connectivity index (χ4n) is 3.37. The van der Waals surface area contributed by atoms with Gasteiger partial charge in [0.2, 0.25) is 0 Å². The summed E-state index contributed by atoms with van der Waals surface area (Å²) in [6.07, 6.45) is 4.96. The Morgan fingerprint density at radius 2 is 2.04 bits per heavy atom. The van der Waals surface area contributed by atoms with Crippen molar-refractivity contribution in [2.45, 2.75) is 25.4 Å². The number of hydrogen-bond acceptors (Lipinski definition) is 4. The van der Waals surface area contributed by atoms with Gasteiger partial charge in [0.25, 0.3) is 0 Å². The number of ether oxygens (including phenoxy) is 1. The van der Waals surface area contributed by atoms with Gasteiger partial charge in [0.05, 0.1) is 16.7 Å². The lowest BCUT2D eigenvalue weighted by Crippen LogP contribution is -2.39. The lowest BCUT2D eigenvalue weighted by Gasteiger charge is -2.35. The second-order valence-electron chi connectivity index (χ2n) is 5.96. The zero-order valence-electron chi connectivity index (χ0n) is 12.6. The molecule has 2 aromatic rings. The highest BCUT2D eigenvalue weighted by molar-refractivity contribution is 6.42. The normalized spacial score (nSPS) is 20.6. The molecule has 0 saturated carbocycles. The van der Waals surface area contributed by atoms with Crippen molar-refractivity contribution in [3.05, 3.63) is 51.4 Å². The topological polar surface area (TPSA) is 38.2 Å². The van der Waals surface area contributed by atoms with Crippen LogP contribution in [-0.4, -0.2) is 29.7 Å². The van der Waals surface area contributed by atoms with Crippen molar-refractivity contribution < 1.29 is 4.74 Å². The van der Waals surface area contributed by atoms with E-state index in [-0.39, 0.29) is 6.10 Å². The van der Waals surface area contributed by atoms with E-state index >= 15 is 0 Å². The number of anilines is 1. The molecule has 1 atom stereocenters. The molecule has 0 bridgehead atoms. The fourth-order valence-corrected chi connectivity index (χ4v) is 3.68. The fraction of sp³-hybridized carbons (Fsp3) is 0.412. The first-order chi connectivity index (χ1) is 11.2. The SMILES string of the molecule is Clc1ccc(C2CN(c3ncnc4c3CCC4)CCO2)cc1Cl. The molecule has 1 aromatic heterocycles. The summed E-state index contributed by atoms with van der Waals surface area (Å²) in [6, 6.07) is 5.69. The van der Waals surface area contributed by atoms with Crippen LogP contribution in [0.4, 0.5) is 5.82 Å². The molecule has 6 heteroatoms. The van der Waals surface area contributed by atoms with Gasteiger partial charge in [0.15, 0.2) is 0 Å². The Morgan fingerprint density at radius 1 is 1.13 bits per heavy atom. The summed E-state index contributed by atoms with van der Waals surface area (Å²) in [6.45, 7) is 2.28. The molecular formula is C17H17Cl2N3O. The van der Waals surface area contributed by atoms with Crippen molar-refractivity contribution in [1.82, 2.24) is 9.97 Å². The minimum Gasteiger partial charge on any atom is -0.370 e. The van der Waals surface area contributed by atoms with E-state index in [2.05, 4.69) is 14.9 Å². The molecule has 2 aliphatic rings. The van der Waals surface area contributed by atoms with Crippen LogP contribution in [0.5, 0.6) is 0 Å². The summed E-state index contributed by atoms with van der Waals surface area (Å²) >= 11 is 12.1. The van der Waals surface area contributed by atoms with E-state index in [1.54, 1.807) is 6.33 Å². The molecule has 0 spiro atoms. The molecule has 4 nitrogen and oxygen atoms in total. The number of hydrogen-bond donors (Lipinski definition) is 0. The van der Waals surface area contributed by atoms with Gasteiger partial charge in [0.1, 0.15) is 18.2 Å². The lowest BCUT2D eigenvalue weighted by atomic mass is 10.1. The highest BCUT2D eigenvalue weighted by Crippen LogP contribution is 2.33. The molecule has 1 aliphatic carbocycles. The highest BCUT2D eigenvalue weighted by atomic mass is 35.5. The first kappa shape index (κ1) is 15.2. The van der Waals surface area contributed by atoms with Crippen LogP contribution < -0.4 is 4.90 Å². The Morgan fingerprint density at radius 3 is 2.91 bits per heavy atom. The van der Waals surface area contributed by atoms with E-state index < -0.39 is 0 Å². The zero-order chi connectivity index (χ0) is 15.8. The molecule has 2 heterocycles. The van der Waals surface area contributed by atoms with Crippen molar-refractivity contribution in [3.63, 3.8) is 0 Å². The van der Waals surface area contributed by atoms with Gasteiger partial charge >= 0.3 is 0 Å². The van der Waals surface area contributed by atoms with Crippen LogP contribution in [0.3, 0.4) is 0 Å². The number of fused-ring (bicyclic) bond motifs is 1. The van der Waals surface area contributed by atoms with Gasteiger partial charge in [-0.05, 0) is 37.0 Å². The Kier molecular flexibility index (Phi) is 4.14. The quantitative estimate of drug-likeness (QED) is 0.825. The van der Waals surface area contributed by atoms with Crippen LogP contribution in [0.1, 0.15) is 29.3 Å². The summed E-state index contributed by atoms with van der Waals surface area (Å²) in [5.74, 6) is 1.07. The van der Waals surface area contributed by atoms with Crippen molar-refractivity contribution in [3.8, 4) is 0 Å². The smallest absolute Gasteiger partial charge is 0.135 e. The first-order valence-corrected chi connectivity index (χ1v) is 8.62. The molecule has 1 saturated heterocycles. The second-order valence-corrected chi connectivity index (χ2v) is 6.77. The third-order valence-electron chi connectivity index (χ3n) is 4.53. The van der Waals surface area contributed by atoms with Gasteiger partial charge in [0, 0.05) is 24.3 Å². The minimum atomic E-state index is -0.0227. The predicted molar refractivity (Wildman–Crippen MR) is 91.4 cm³/mol. The largest absolute Gasteiger partial charge is 0.370 e. The van der Waals surface area contributed by atoms with Crippen LogP contribution in [0.2, 0.25) is 10.0 Å². The van der Waals surface area contributed by atoms with E-state index in [0.717, 1.165) is 37.3 Å². The standard InChI is InChI=1S/C17H17Cl2N3O/c18-13-5-4-11(8-14(13)19)16-9-22(6-7-23-16)17-12-2-1-3-15(12)20-10-21-17/h4-5,8,10,16H,1-3,6-7,9H2. The molecule has 120 valence electrons. The monoisotopic (exact) mass is 349 g/mol. The van der Waals surface area contributed by atoms with Gasteiger partial charge < -0.3 is 9.64 Å². The van der Waals surface area contributed by atoms with Gasteiger partial charge in [-0.3, -0.25) is 0 Å². The Balaban J connectivity index is 1.60. The number of aryl methyl sites for hydroxylation is 1. The molecule has 1 fully saturated rings. The van der Waals surface area contributed by atoms with Crippen molar-refractivity contribution in [2.24, 2.45) is 0 Å². The van der Waals surface area contributed by atoms with Crippen LogP contribution >= 0.6 is 23.2 Å². The number of rotatable bonds is 2. The minimum absolute atomic E-state index is 0.0227. The molecule has 4 rings (SSSR count). The predicted octanol–water partition coefficient (Wildman–Crippen LogP) is 3.85. The third kappa shape index (κ3) is 2.91. The number of nitrogens with zero attached hydrogens (tertiary/aromatic N) is 3. The molecule has 0 amide bonds. The maximum Gasteiger partial charge on any atom is 0.135 e.